The number of rotatable bonds is 7. The first-order valence-corrected chi connectivity index (χ1v) is 7.92. The fourth-order valence-corrected chi connectivity index (χ4v) is 2.56. The topological polar surface area (TPSA) is 67.4 Å². The molecule has 1 aliphatic heterocycles. The molecular weight excluding hydrogens is 280 g/mol. The van der Waals surface area contributed by atoms with Gasteiger partial charge in [0.25, 0.3) is 0 Å². The van der Waals surface area contributed by atoms with Crippen LogP contribution in [-0.4, -0.2) is 31.6 Å². The normalized spacial score (nSPS) is 17.2. The van der Waals surface area contributed by atoms with Crippen LogP contribution in [0.25, 0.3) is 0 Å². The van der Waals surface area contributed by atoms with E-state index in [1.54, 1.807) is 19.1 Å². The van der Waals surface area contributed by atoms with Crippen molar-refractivity contribution in [3.63, 3.8) is 0 Å². The average Bonchev–Trinajstić information content (AvgIpc) is 3.05. The summed E-state index contributed by atoms with van der Waals surface area (Å²) in [6.07, 6.45) is 2.69. The number of carbonyl (C=O) groups is 2. The highest BCUT2D eigenvalue weighted by Gasteiger charge is 2.15. The summed E-state index contributed by atoms with van der Waals surface area (Å²) in [5, 5.41) is 6.23. The predicted octanol–water partition coefficient (Wildman–Crippen LogP) is 1.87. The Balaban J connectivity index is 1.71. The van der Waals surface area contributed by atoms with Crippen molar-refractivity contribution in [1.29, 1.82) is 0 Å². The SMILES string of the molecule is CCOC(=O)c1ccc(CNC(=O)CCC2CCNC2)cc1. The summed E-state index contributed by atoms with van der Waals surface area (Å²) in [5.41, 5.74) is 1.51. The van der Waals surface area contributed by atoms with Crippen molar-refractivity contribution in [1.82, 2.24) is 10.6 Å². The van der Waals surface area contributed by atoms with E-state index in [9.17, 15) is 9.59 Å². The molecule has 1 aliphatic rings. The number of esters is 1. The van der Waals surface area contributed by atoms with Gasteiger partial charge >= 0.3 is 5.97 Å². The van der Waals surface area contributed by atoms with E-state index in [1.165, 1.54) is 6.42 Å². The van der Waals surface area contributed by atoms with Gasteiger partial charge in [-0.2, -0.15) is 0 Å². The molecule has 1 aromatic carbocycles. The Bertz CT molecular complexity index is 493. The van der Waals surface area contributed by atoms with E-state index < -0.39 is 0 Å². The van der Waals surface area contributed by atoms with Crippen LogP contribution in [0, 0.1) is 5.92 Å². The van der Waals surface area contributed by atoms with Crippen molar-refractivity contribution < 1.29 is 14.3 Å². The van der Waals surface area contributed by atoms with Crippen molar-refractivity contribution in [2.75, 3.05) is 19.7 Å². The molecule has 1 unspecified atom stereocenters. The fourth-order valence-electron chi connectivity index (χ4n) is 2.56. The summed E-state index contributed by atoms with van der Waals surface area (Å²) in [5.74, 6) is 0.402. The molecule has 1 heterocycles. The molecule has 5 heteroatoms. The lowest BCUT2D eigenvalue weighted by Gasteiger charge is -2.09. The van der Waals surface area contributed by atoms with Crippen LogP contribution in [0.4, 0.5) is 0 Å². The van der Waals surface area contributed by atoms with E-state index in [0.29, 0.717) is 31.1 Å². The molecule has 0 spiro atoms. The largest absolute Gasteiger partial charge is 0.462 e. The van der Waals surface area contributed by atoms with Crippen molar-refractivity contribution in [2.45, 2.75) is 32.7 Å². The van der Waals surface area contributed by atoms with Gasteiger partial charge in [-0.1, -0.05) is 12.1 Å². The zero-order valence-corrected chi connectivity index (χ0v) is 13.1. The third kappa shape index (κ3) is 5.15. The minimum absolute atomic E-state index is 0.0846. The van der Waals surface area contributed by atoms with Gasteiger partial charge in [-0.25, -0.2) is 4.79 Å². The number of nitrogens with one attached hydrogen (secondary N) is 2. The van der Waals surface area contributed by atoms with Crippen LogP contribution >= 0.6 is 0 Å². The number of hydrogen-bond acceptors (Lipinski definition) is 4. The van der Waals surface area contributed by atoms with E-state index in [4.69, 9.17) is 4.74 Å². The van der Waals surface area contributed by atoms with Gasteiger partial charge in [0.2, 0.25) is 5.91 Å². The second-order valence-corrected chi connectivity index (χ2v) is 5.59. The van der Waals surface area contributed by atoms with E-state index in [0.717, 1.165) is 25.1 Å². The molecule has 1 amide bonds. The van der Waals surface area contributed by atoms with Crippen molar-refractivity contribution in [3.8, 4) is 0 Å². The Morgan fingerprint density at radius 1 is 1.32 bits per heavy atom. The molecule has 5 nitrogen and oxygen atoms in total. The predicted molar refractivity (Wildman–Crippen MR) is 84.5 cm³/mol. The van der Waals surface area contributed by atoms with Crippen LogP contribution in [0.2, 0.25) is 0 Å². The summed E-state index contributed by atoms with van der Waals surface area (Å²) in [6, 6.07) is 7.13. The average molecular weight is 304 g/mol. The molecular formula is C17H24N2O3. The lowest BCUT2D eigenvalue weighted by molar-refractivity contribution is -0.121. The number of ether oxygens (including phenoxy) is 1. The number of carbonyl (C=O) groups excluding carboxylic acids is 2. The molecule has 2 rings (SSSR count). The second-order valence-electron chi connectivity index (χ2n) is 5.59. The van der Waals surface area contributed by atoms with Gasteiger partial charge in [-0.3, -0.25) is 4.79 Å². The van der Waals surface area contributed by atoms with Crippen LogP contribution in [0.1, 0.15) is 42.1 Å². The van der Waals surface area contributed by atoms with Gasteiger partial charge in [0.15, 0.2) is 0 Å². The molecule has 1 atom stereocenters. The van der Waals surface area contributed by atoms with E-state index in [2.05, 4.69) is 10.6 Å². The number of amides is 1. The molecule has 0 bridgehead atoms. The van der Waals surface area contributed by atoms with Crippen molar-refractivity contribution >= 4 is 11.9 Å². The maximum atomic E-state index is 11.8. The van der Waals surface area contributed by atoms with Crippen LogP contribution in [0.5, 0.6) is 0 Å². The quantitative estimate of drug-likeness (QED) is 0.755. The molecule has 1 saturated heterocycles. The van der Waals surface area contributed by atoms with Crippen LogP contribution < -0.4 is 10.6 Å². The summed E-state index contributed by atoms with van der Waals surface area (Å²) in [6.45, 7) is 4.74. The number of benzene rings is 1. The van der Waals surface area contributed by atoms with Crippen LogP contribution in [-0.2, 0) is 16.1 Å². The summed E-state index contributed by atoms with van der Waals surface area (Å²) in [4.78, 5) is 23.4. The second kappa shape index (κ2) is 8.54. The Labute approximate surface area is 131 Å². The Hall–Kier alpha value is -1.88. The molecule has 0 aliphatic carbocycles. The van der Waals surface area contributed by atoms with Gasteiger partial charge in [0.05, 0.1) is 12.2 Å². The first-order chi connectivity index (χ1) is 10.7. The fraction of sp³-hybridized carbons (Fsp3) is 0.529. The highest BCUT2D eigenvalue weighted by molar-refractivity contribution is 5.89. The molecule has 0 saturated carbocycles. The Morgan fingerprint density at radius 3 is 2.73 bits per heavy atom. The highest BCUT2D eigenvalue weighted by Crippen LogP contribution is 2.14. The smallest absolute Gasteiger partial charge is 0.338 e. The molecule has 120 valence electrons. The monoisotopic (exact) mass is 304 g/mol. The molecule has 1 aromatic rings. The standard InChI is InChI=1S/C17H24N2O3/c1-2-22-17(21)15-6-3-13(4-7-15)12-19-16(20)8-5-14-9-10-18-11-14/h3-4,6-7,14,18H,2,5,8-12H2,1H3,(H,19,20). The minimum atomic E-state index is -0.316. The third-order valence-corrected chi connectivity index (χ3v) is 3.90. The first-order valence-electron chi connectivity index (χ1n) is 7.92. The number of hydrogen-bond donors (Lipinski definition) is 2. The molecule has 22 heavy (non-hydrogen) atoms. The highest BCUT2D eigenvalue weighted by atomic mass is 16.5. The van der Waals surface area contributed by atoms with Gasteiger partial charge in [-0.05, 0) is 56.5 Å². The summed E-state index contributed by atoms with van der Waals surface area (Å²) in [7, 11) is 0. The van der Waals surface area contributed by atoms with E-state index >= 15 is 0 Å². The van der Waals surface area contributed by atoms with Crippen LogP contribution in [0.3, 0.4) is 0 Å². The lowest BCUT2D eigenvalue weighted by Crippen LogP contribution is -2.23. The van der Waals surface area contributed by atoms with Gasteiger partial charge < -0.3 is 15.4 Å². The van der Waals surface area contributed by atoms with E-state index in [1.807, 2.05) is 12.1 Å². The van der Waals surface area contributed by atoms with Crippen LogP contribution in [0.15, 0.2) is 24.3 Å². The summed E-state index contributed by atoms with van der Waals surface area (Å²) < 4.78 is 4.93. The maximum absolute atomic E-state index is 11.8. The van der Waals surface area contributed by atoms with Crippen molar-refractivity contribution in [2.24, 2.45) is 5.92 Å². The molecule has 0 aromatic heterocycles. The summed E-state index contributed by atoms with van der Waals surface area (Å²) >= 11 is 0. The minimum Gasteiger partial charge on any atom is -0.462 e. The Kier molecular flexibility index (Phi) is 6.40. The first kappa shape index (κ1) is 16.5. The molecule has 2 N–H and O–H groups in total. The molecule has 0 radical (unpaired) electrons. The van der Waals surface area contributed by atoms with Gasteiger partial charge in [0, 0.05) is 13.0 Å². The maximum Gasteiger partial charge on any atom is 0.338 e. The van der Waals surface area contributed by atoms with Gasteiger partial charge in [0.1, 0.15) is 0 Å². The third-order valence-electron chi connectivity index (χ3n) is 3.90. The lowest BCUT2D eigenvalue weighted by atomic mass is 10.0. The van der Waals surface area contributed by atoms with Crippen molar-refractivity contribution in [3.05, 3.63) is 35.4 Å². The van der Waals surface area contributed by atoms with Gasteiger partial charge in [-0.15, -0.1) is 0 Å². The Morgan fingerprint density at radius 2 is 2.09 bits per heavy atom. The molecule has 1 fully saturated rings. The van der Waals surface area contributed by atoms with E-state index in [-0.39, 0.29) is 11.9 Å². The zero-order chi connectivity index (χ0) is 15.8. The zero-order valence-electron chi connectivity index (χ0n) is 13.1.